The molecule has 1 unspecified atom stereocenters. The van der Waals surface area contributed by atoms with Crippen LogP contribution in [0.15, 0.2) is 76.6 Å². The second-order valence-corrected chi connectivity index (χ2v) is 9.77. The Balaban J connectivity index is 1.43. The minimum Gasteiger partial charge on any atom is -0.326 e. The number of amidine groups is 1. The molecule has 3 aromatic carbocycles. The number of amides is 1. The molecule has 1 heterocycles. The van der Waals surface area contributed by atoms with Crippen molar-refractivity contribution in [3.05, 3.63) is 72.3 Å². The van der Waals surface area contributed by atoms with Gasteiger partial charge in [0.25, 0.3) is 10.0 Å². The topological polar surface area (TPSA) is 87.6 Å². The summed E-state index contributed by atoms with van der Waals surface area (Å²) in [5.41, 5.74) is 1.47. The predicted molar refractivity (Wildman–Crippen MR) is 129 cm³/mol. The van der Waals surface area contributed by atoms with Crippen molar-refractivity contribution in [3.63, 3.8) is 0 Å². The molecule has 0 radical (unpaired) electrons. The normalized spacial score (nSPS) is 15.5. The number of nitrogens with zero attached hydrogens (tertiary/aromatic N) is 1. The molecule has 0 aromatic heterocycles. The smallest absolute Gasteiger partial charge is 0.262 e. The number of fused-ring (bicyclic) bond motifs is 1. The number of hydrogen-bond acceptors (Lipinski definition) is 4. The third kappa shape index (κ3) is 5.16. The van der Waals surface area contributed by atoms with Gasteiger partial charge >= 0.3 is 0 Å². The molecule has 2 N–H and O–H groups in total. The van der Waals surface area contributed by atoms with Gasteiger partial charge in [-0.15, -0.1) is 0 Å². The second kappa shape index (κ2) is 9.53. The maximum absolute atomic E-state index is 12.8. The van der Waals surface area contributed by atoms with E-state index in [9.17, 15) is 13.2 Å². The molecule has 0 fully saturated rings. The summed E-state index contributed by atoms with van der Waals surface area (Å²) in [4.78, 5) is 17.2. The van der Waals surface area contributed by atoms with Crippen LogP contribution in [0.3, 0.4) is 0 Å². The molecule has 7 heteroatoms. The maximum atomic E-state index is 12.8. The SMILES string of the molecule is CC(C(=O)Nc1ccc(S(=O)(=O)NC2=NCCCCC2)cc1)c1ccc2ccccc2c1. The summed E-state index contributed by atoms with van der Waals surface area (Å²) >= 11 is 0. The van der Waals surface area contributed by atoms with Gasteiger partial charge in [-0.3, -0.25) is 14.5 Å². The van der Waals surface area contributed by atoms with Gasteiger partial charge in [-0.05, 0) is 60.4 Å². The molecule has 0 bridgehead atoms. The lowest BCUT2D eigenvalue weighted by atomic mass is 9.97. The van der Waals surface area contributed by atoms with Crippen LogP contribution in [0.5, 0.6) is 0 Å². The van der Waals surface area contributed by atoms with Gasteiger partial charge in [-0.1, -0.05) is 48.9 Å². The van der Waals surface area contributed by atoms with Gasteiger partial charge < -0.3 is 5.32 Å². The summed E-state index contributed by atoms with van der Waals surface area (Å²) in [6, 6.07) is 20.2. The number of carbonyl (C=O) groups excluding carboxylic acids is 1. The van der Waals surface area contributed by atoms with Crippen LogP contribution in [0, 0.1) is 0 Å². The van der Waals surface area contributed by atoms with Crippen LogP contribution >= 0.6 is 0 Å². The van der Waals surface area contributed by atoms with E-state index in [0.717, 1.165) is 35.6 Å². The largest absolute Gasteiger partial charge is 0.326 e. The highest BCUT2D eigenvalue weighted by Crippen LogP contribution is 2.23. The fraction of sp³-hybridized carbons (Fsp3) is 0.280. The number of hydrogen-bond donors (Lipinski definition) is 2. The molecular formula is C25H27N3O3S. The average Bonchev–Trinajstić information content (AvgIpc) is 3.06. The van der Waals surface area contributed by atoms with Gasteiger partial charge in [0, 0.05) is 18.7 Å². The molecular weight excluding hydrogens is 422 g/mol. The maximum Gasteiger partial charge on any atom is 0.262 e. The molecule has 0 spiro atoms. The van der Waals surface area contributed by atoms with Crippen LogP contribution < -0.4 is 10.0 Å². The zero-order chi connectivity index (χ0) is 22.6. The fourth-order valence-corrected chi connectivity index (χ4v) is 4.86. The Labute approximate surface area is 188 Å². The van der Waals surface area contributed by atoms with Crippen LogP contribution in [-0.4, -0.2) is 26.7 Å². The lowest BCUT2D eigenvalue weighted by Gasteiger charge is -2.14. The molecule has 1 amide bonds. The number of benzene rings is 3. The number of carbonyl (C=O) groups is 1. The van der Waals surface area contributed by atoms with Gasteiger partial charge in [0.2, 0.25) is 5.91 Å². The summed E-state index contributed by atoms with van der Waals surface area (Å²) in [6.45, 7) is 2.51. The minimum atomic E-state index is -3.69. The zero-order valence-corrected chi connectivity index (χ0v) is 18.9. The van der Waals surface area contributed by atoms with E-state index in [1.807, 2.05) is 49.4 Å². The fourth-order valence-electron chi connectivity index (χ4n) is 3.77. The van der Waals surface area contributed by atoms with E-state index in [1.54, 1.807) is 12.1 Å². The molecule has 6 nitrogen and oxygen atoms in total. The molecule has 0 saturated heterocycles. The summed E-state index contributed by atoms with van der Waals surface area (Å²) in [5, 5.41) is 5.10. The van der Waals surface area contributed by atoms with Gasteiger partial charge in [-0.2, -0.15) is 0 Å². The second-order valence-electron chi connectivity index (χ2n) is 8.09. The van der Waals surface area contributed by atoms with Crippen LogP contribution in [0.4, 0.5) is 5.69 Å². The highest BCUT2D eigenvalue weighted by atomic mass is 32.2. The quantitative estimate of drug-likeness (QED) is 0.585. The summed E-state index contributed by atoms with van der Waals surface area (Å²) < 4.78 is 27.9. The first kappa shape index (κ1) is 22.0. The Bertz CT molecular complexity index is 1250. The van der Waals surface area contributed by atoms with E-state index in [4.69, 9.17) is 0 Å². The summed E-state index contributed by atoms with van der Waals surface area (Å²) in [7, 11) is -3.69. The third-order valence-corrected chi connectivity index (χ3v) is 7.12. The Morgan fingerprint density at radius 3 is 2.47 bits per heavy atom. The molecule has 0 saturated carbocycles. The Kier molecular flexibility index (Phi) is 6.55. The predicted octanol–water partition coefficient (Wildman–Crippen LogP) is 4.83. The van der Waals surface area contributed by atoms with E-state index in [0.29, 0.717) is 24.5 Å². The molecule has 166 valence electrons. The van der Waals surface area contributed by atoms with Crippen molar-refractivity contribution in [3.8, 4) is 0 Å². The van der Waals surface area contributed by atoms with Crippen LogP contribution in [0.25, 0.3) is 10.8 Å². The molecule has 1 atom stereocenters. The third-order valence-electron chi connectivity index (χ3n) is 5.73. The van der Waals surface area contributed by atoms with E-state index in [-0.39, 0.29) is 16.7 Å². The number of aliphatic imine (C=N–C) groups is 1. The monoisotopic (exact) mass is 449 g/mol. The van der Waals surface area contributed by atoms with Crippen molar-refractivity contribution < 1.29 is 13.2 Å². The molecule has 0 aliphatic carbocycles. The molecule has 32 heavy (non-hydrogen) atoms. The van der Waals surface area contributed by atoms with Crippen molar-refractivity contribution in [1.29, 1.82) is 0 Å². The van der Waals surface area contributed by atoms with Crippen molar-refractivity contribution in [2.24, 2.45) is 4.99 Å². The number of sulfonamides is 1. The highest BCUT2D eigenvalue weighted by Gasteiger charge is 2.19. The lowest BCUT2D eigenvalue weighted by molar-refractivity contribution is -0.117. The first-order valence-electron chi connectivity index (χ1n) is 10.9. The number of nitrogens with one attached hydrogen (secondary N) is 2. The lowest BCUT2D eigenvalue weighted by Crippen LogP contribution is -2.30. The van der Waals surface area contributed by atoms with Crippen molar-refractivity contribution >= 4 is 38.2 Å². The minimum absolute atomic E-state index is 0.144. The van der Waals surface area contributed by atoms with Gasteiger partial charge in [0.05, 0.1) is 10.8 Å². The van der Waals surface area contributed by atoms with Gasteiger partial charge in [0.1, 0.15) is 5.84 Å². The van der Waals surface area contributed by atoms with E-state index in [1.165, 1.54) is 12.1 Å². The van der Waals surface area contributed by atoms with Gasteiger partial charge in [0.15, 0.2) is 0 Å². The van der Waals surface area contributed by atoms with Crippen molar-refractivity contribution in [2.75, 3.05) is 11.9 Å². The molecule has 1 aliphatic rings. The van der Waals surface area contributed by atoms with Crippen LogP contribution in [0.1, 0.15) is 44.1 Å². The standard InChI is InChI=1S/C25H27N3O3S/c1-18(20-11-10-19-7-4-5-8-21(19)17-20)25(29)27-22-12-14-23(15-13-22)32(30,31)28-24-9-3-2-6-16-26-24/h4-5,7-8,10-15,17-18H,2-3,6,9,16H2,1H3,(H,26,28)(H,27,29). The van der Waals surface area contributed by atoms with Crippen molar-refractivity contribution in [1.82, 2.24) is 4.72 Å². The Morgan fingerprint density at radius 2 is 1.69 bits per heavy atom. The van der Waals surface area contributed by atoms with Crippen LogP contribution in [0.2, 0.25) is 0 Å². The molecule has 1 aliphatic heterocycles. The highest BCUT2D eigenvalue weighted by molar-refractivity contribution is 7.90. The summed E-state index contributed by atoms with van der Waals surface area (Å²) in [6.07, 6.45) is 3.61. The van der Waals surface area contributed by atoms with Crippen LogP contribution in [-0.2, 0) is 14.8 Å². The number of rotatable bonds is 5. The Morgan fingerprint density at radius 1 is 0.938 bits per heavy atom. The van der Waals surface area contributed by atoms with E-state index < -0.39 is 10.0 Å². The average molecular weight is 450 g/mol. The molecule has 3 aromatic rings. The van der Waals surface area contributed by atoms with Crippen molar-refractivity contribution in [2.45, 2.75) is 43.4 Å². The first-order valence-corrected chi connectivity index (χ1v) is 12.4. The van der Waals surface area contributed by atoms with Gasteiger partial charge in [-0.25, -0.2) is 8.42 Å². The Hall–Kier alpha value is -3.19. The zero-order valence-electron chi connectivity index (χ0n) is 18.0. The van der Waals surface area contributed by atoms with E-state index in [2.05, 4.69) is 15.0 Å². The van der Waals surface area contributed by atoms with E-state index >= 15 is 0 Å². The number of anilines is 1. The molecule has 4 rings (SSSR count). The summed E-state index contributed by atoms with van der Waals surface area (Å²) in [5.74, 6) is 0.0174. The first-order chi connectivity index (χ1) is 15.4.